The summed E-state index contributed by atoms with van der Waals surface area (Å²) in [6, 6.07) is 8.49. The maximum atomic E-state index is 16.2. The molecule has 0 bridgehead atoms. The van der Waals surface area contributed by atoms with Gasteiger partial charge in [-0.1, -0.05) is 48.0 Å². The molecular weight excluding hydrogens is 594 g/mol. The van der Waals surface area contributed by atoms with Gasteiger partial charge >= 0.3 is 5.97 Å². The lowest BCUT2D eigenvalue weighted by atomic mass is 9.73. The molecule has 0 unspecified atom stereocenters. The van der Waals surface area contributed by atoms with E-state index in [9.17, 15) is 14.7 Å². The number of hydrogen-bond donors (Lipinski definition) is 2. The Kier molecular flexibility index (Phi) is 6.50. The molecule has 222 valence electrons. The molecule has 3 fully saturated rings. The van der Waals surface area contributed by atoms with Crippen LogP contribution in [0.15, 0.2) is 71.4 Å². The molecule has 7 rings (SSSR count). The summed E-state index contributed by atoms with van der Waals surface area (Å²) in [7, 11) is 0. The fourth-order valence-electron chi connectivity index (χ4n) is 7.26. The Hall–Kier alpha value is -3.66. The van der Waals surface area contributed by atoms with E-state index in [4.69, 9.17) is 33.0 Å². The Morgan fingerprint density at radius 2 is 2.07 bits per heavy atom. The van der Waals surface area contributed by atoms with E-state index in [2.05, 4.69) is 16.8 Å². The van der Waals surface area contributed by atoms with Crippen LogP contribution in [0.1, 0.15) is 54.6 Å². The van der Waals surface area contributed by atoms with Gasteiger partial charge in [0.15, 0.2) is 0 Å². The highest BCUT2D eigenvalue weighted by atomic mass is 35.5. The highest BCUT2D eigenvalue weighted by Gasteiger charge is 2.71. The van der Waals surface area contributed by atoms with Crippen LogP contribution in [0.4, 0.5) is 4.39 Å². The van der Waals surface area contributed by atoms with Crippen LogP contribution in [-0.2, 0) is 4.79 Å². The SMILES string of the molecule is C=C1/C(=C\C(Cl)=C/C)NC(=O)[C@@]12[C@H](c1cccc(Cl)c1F)[C@@H]1[C@@H]([C@@H](C)Oc3c4ccc(C(=O)O)cc4nn31)N2CC1CC1. The van der Waals surface area contributed by atoms with Gasteiger partial charge < -0.3 is 15.2 Å². The summed E-state index contributed by atoms with van der Waals surface area (Å²) < 4.78 is 24.5. The first-order valence-corrected chi connectivity index (χ1v) is 15.0. The molecule has 2 aromatic carbocycles. The standard InChI is InChI=1S/C32H29Cl2FN4O4/c1-4-19(33)13-23-15(2)32(31(42)36-23)25(21-6-5-7-22(34)26(21)35)28-27(38(32)14-17-8-9-17)16(3)43-29-20-11-10-18(30(40)41)12-24(20)37-39(28)29/h4-7,10-13,16-17,25,27-28H,2,8-9,14H2,1,3H3,(H,36,42)(H,40,41)/b19-4+,23-13+/t16-,25-,27-,28-,32+/m1/s1. The summed E-state index contributed by atoms with van der Waals surface area (Å²) in [6.07, 6.45) is 4.98. The Bertz CT molecular complexity index is 1800. The summed E-state index contributed by atoms with van der Waals surface area (Å²) >= 11 is 12.8. The maximum Gasteiger partial charge on any atom is 0.335 e. The molecule has 4 aliphatic rings. The first kappa shape index (κ1) is 28.1. The molecule has 2 N–H and O–H groups in total. The summed E-state index contributed by atoms with van der Waals surface area (Å²) in [6.45, 7) is 8.77. The first-order valence-electron chi connectivity index (χ1n) is 14.3. The maximum absolute atomic E-state index is 16.2. The third-order valence-electron chi connectivity index (χ3n) is 9.32. The zero-order valence-corrected chi connectivity index (χ0v) is 25.0. The number of amides is 1. The molecule has 1 saturated carbocycles. The topological polar surface area (TPSA) is 96.7 Å². The molecule has 3 aromatic rings. The van der Waals surface area contributed by atoms with Crippen molar-refractivity contribution >= 4 is 46.0 Å². The molecule has 8 nitrogen and oxygen atoms in total. The highest BCUT2D eigenvalue weighted by Crippen LogP contribution is 2.62. The van der Waals surface area contributed by atoms with Crippen molar-refractivity contribution in [2.75, 3.05) is 6.54 Å². The molecule has 0 radical (unpaired) electrons. The van der Waals surface area contributed by atoms with E-state index in [-0.39, 0.29) is 22.1 Å². The third kappa shape index (κ3) is 4.01. The molecule has 4 heterocycles. The van der Waals surface area contributed by atoms with E-state index in [0.29, 0.717) is 45.5 Å². The number of benzene rings is 2. The van der Waals surface area contributed by atoms with Gasteiger partial charge in [-0.2, -0.15) is 5.10 Å². The van der Waals surface area contributed by atoms with Gasteiger partial charge in [-0.15, -0.1) is 0 Å². The second-order valence-electron chi connectivity index (χ2n) is 11.7. The second kappa shape index (κ2) is 9.94. The zero-order valence-electron chi connectivity index (χ0n) is 23.5. The number of carbonyl (C=O) groups is 2. The van der Waals surface area contributed by atoms with E-state index < -0.39 is 41.4 Å². The number of likely N-dealkylation sites (tertiary alicyclic amines) is 1. The number of halogens is 3. The molecule has 1 amide bonds. The van der Waals surface area contributed by atoms with Crippen LogP contribution in [0.5, 0.6) is 5.88 Å². The van der Waals surface area contributed by atoms with E-state index in [1.54, 1.807) is 42.0 Å². The van der Waals surface area contributed by atoms with E-state index >= 15 is 4.39 Å². The first-order chi connectivity index (χ1) is 20.6. The molecule has 1 spiro atoms. The van der Waals surface area contributed by atoms with Crippen LogP contribution in [-0.4, -0.2) is 55.9 Å². The molecule has 1 aliphatic carbocycles. The van der Waals surface area contributed by atoms with Crippen molar-refractivity contribution in [2.24, 2.45) is 5.92 Å². The number of nitrogens with zero attached hydrogens (tertiary/aromatic N) is 3. The predicted molar refractivity (Wildman–Crippen MR) is 161 cm³/mol. The molecular formula is C32H29Cl2FN4O4. The smallest absolute Gasteiger partial charge is 0.335 e. The van der Waals surface area contributed by atoms with Gasteiger partial charge in [0.1, 0.15) is 17.5 Å². The van der Waals surface area contributed by atoms with Gasteiger partial charge in [0.05, 0.1) is 33.6 Å². The van der Waals surface area contributed by atoms with Gasteiger partial charge in [-0.05, 0) is 74.1 Å². The van der Waals surface area contributed by atoms with Gasteiger partial charge in [0.2, 0.25) is 11.8 Å². The summed E-state index contributed by atoms with van der Waals surface area (Å²) in [4.78, 5) is 28.4. The Labute approximate surface area is 257 Å². The quantitative estimate of drug-likeness (QED) is 0.353. The van der Waals surface area contributed by atoms with Crippen molar-refractivity contribution in [3.63, 3.8) is 0 Å². The van der Waals surface area contributed by atoms with Crippen LogP contribution >= 0.6 is 23.2 Å². The Balaban J connectivity index is 1.53. The third-order valence-corrected chi connectivity index (χ3v) is 9.94. The van der Waals surface area contributed by atoms with Crippen molar-refractivity contribution in [1.29, 1.82) is 0 Å². The van der Waals surface area contributed by atoms with E-state index in [1.165, 1.54) is 18.2 Å². The molecule has 3 aliphatic heterocycles. The molecule has 11 heteroatoms. The Morgan fingerprint density at radius 3 is 2.77 bits per heavy atom. The van der Waals surface area contributed by atoms with Gasteiger partial charge in [-0.3, -0.25) is 9.69 Å². The molecule has 43 heavy (non-hydrogen) atoms. The number of carboxylic acids is 1. The minimum Gasteiger partial charge on any atom is -0.478 e. The fourth-order valence-corrected chi connectivity index (χ4v) is 7.56. The van der Waals surface area contributed by atoms with Crippen LogP contribution in [0.2, 0.25) is 5.02 Å². The van der Waals surface area contributed by atoms with E-state index in [1.807, 2.05) is 6.92 Å². The minimum atomic E-state index is -1.41. The lowest BCUT2D eigenvalue weighted by molar-refractivity contribution is -0.129. The molecule has 5 atom stereocenters. The lowest BCUT2D eigenvalue weighted by Crippen LogP contribution is -2.58. The number of carboxylic acid groups (broad SMARTS) is 1. The monoisotopic (exact) mass is 622 g/mol. The number of aromatic carboxylic acids is 1. The van der Waals surface area contributed by atoms with Crippen molar-refractivity contribution < 1.29 is 23.8 Å². The van der Waals surface area contributed by atoms with Crippen LogP contribution in [0, 0.1) is 11.7 Å². The van der Waals surface area contributed by atoms with Gasteiger partial charge in [0.25, 0.3) is 0 Å². The zero-order chi connectivity index (χ0) is 30.4. The number of nitrogens with one attached hydrogen (secondary N) is 1. The average Bonchev–Trinajstić information content (AvgIpc) is 3.59. The molecule has 1 aromatic heterocycles. The number of hydrogen-bond acceptors (Lipinski definition) is 5. The van der Waals surface area contributed by atoms with Crippen molar-refractivity contribution in [1.82, 2.24) is 20.0 Å². The predicted octanol–water partition coefficient (Wildman–Crippen LogP) is 6.18. The van der Waals surface area contributed by atoms with Gasteiger partial charge in [0, 0.05) is 23.2 Å². The average molecular weight is 624 g/mol. The number of aromatic nitrogens is 2. The summed E-state index contributed by atoms with van der Waals surface area (Å²) in [5.41, 5.74) is 0.312. The number of ether oxygens (including phenoxy) is 1. The number of carbonyl (C=O) groups excluding carboxylic acids is 1. The molecule has 2 saturated heterocycles. The highest BCUT2D eigenvalue weighted by molar-refractivity contribution is 6.31. The number of fused-ring (bicyclic) bond motifs is 5. The normalized spacial score (nSPS) is 29.7. The van der Waals surface area contributed by atoms with Crippen molar-refractivity contribution in [2.45, 2.75) is 56.3 Å². The van der Waals surface area contributed by atoms with E-state index in [0.717, 1.165) is 12.8 Å². The van der Waals surface area contributed by atoms with Crippen LogP contribution in [0.25, 0.3) is 10.9 Å². The number of rotatable bonds is 5. The van der Waals surface area contributed by atoms with Crippen molar-refractivity contribution in [3.8, 4) is 5.88 Å². The second-order valence-corrected chi connectivity index (χ2v) is 12.6. The largest absolute Gasteiger partial charge is 0.478 e. The van der Waals surface area contributed by atoms with Gasteiger partial charge in [-0.25, -0.2) is 13.9 Å². The summed E-state index contributed by atoms with van der Waals surface area (Å²) in [5.74, 6) is -2.05. The minimum absolute atomic E-state index is 0.0568. The Morgan fingerprint density at radius 1 is 1.30 bits per heavy atom. The number of allylic oxidation sites excluding steroid dienone is 3. The summed E-state index contributed by atoms with van der Waals surface area (Å²) in [5, 5.41) is 18.5. The van der Waals surface area contributed by atoms with Crippen LogP contribution in [0.3, 0.4) is 0 Å². The van der Waals surface area contributed by atoms with Crippen LogP contribution < -0.4 is 10.1 Å². The lowest BCUT2D eigenvalue weighted by Gasteiger charge is -2.41. The van der Waals surface area contributed by atoms with Crippen molar-refractivity contribution in [3.05, 3.63) is 93.4 Å². The fraction of sp³-hybridized carbons (Fsp3) is 0.344.